The van der Waals surface area contributed by atoms with Crippen molar-refractivity contribution in [2.75, 3.05) is 0 Å². The first kappa shape index (κ1) is 17.0. The molecule has 0 saturated heterocycles. The van der Waals surface area contributed by atoms with Gasteiger partial charge in [-0.25, -0.2) is 0 Å². The molecule has 1 aromatic rings. The molecule has 0 atom stereocenters. The molecule has 0 heterocycles. The molecule has 0 radical (unpaired) electrons. The van der Waals surface area contributed by atoms with E-state index in [1.807, 2.05) is 25.1 Å². The quantitative estimate of drug-likeness (QED) is 0.728. The summed E-state index contributed by atoms with van der Waals surface area (Å²) in [5, 5.41) is 0. The Hall–Kier alpha value is -1.44. The molecule has 0 aliphatic carbocycles. The van der Waals surface area contributed by atoms with E-state index in [-0.39, 0.29) is 11.6 Å². The van der Waals surface area contributed by atoms with Gasteiger partial charge in [-0.15, -0.1) is 0 Å². The maximum atomic E-state index is 9.81. The molecule has 16 heavy (non-hydrogen) atoms. The van der Waals surface area contributed by atoms with Gasteiger partial charge in [0.25, 0.3) is 0 Å². The van der Waals surface area contributed by atoms with Gasteiger partial charge >= 0.3 is 0 Å². The molecule has 0 bridgehead atoms. The molecule has 0 unspecified atom stereocenters. The molecule has 2 heteroatoms. The maximum Gasteiger partial charge on any atom is 0.129 e. The van der Waals surface area contributed by atoms with Crippen LogP contribution in [0, 0.1) is 6.92 Å². The second-order valence-corrected chi connectivity index (χ2v) is 3.62. The third-order valence-electron chi connectivity index (χ3n) is 1.44. The standard InChI is InChI=1S/C7H8.C4H8O.C3H6O/c1-7-5-3-2-4-6-7;1-3-4(2)5;1-3(2)4/h2-6H,1H3;3H2,1-2H3;1-2H3. The van der Waals surface area contributed by atoms with Crippen LogP contribution in [0.25, 0.3) is 0 Å². The van der Waals surface area contributed by atoms with Crippen molar-refractivity contribution in [2.45, 2.75) is 41.0 Å². The number of Topliss-reactive ketones (excluding diaryl/α,β-unsaturated/α-hetero) is 2. The van der Waals surface area contributed by atoms with Gasteiger partial charge in [-0.05, 0) is 27.7 Å². The fraction of sp³-hybridized carbons (Fsp3) is 0.429. The first-order valence-electron chi connectivity index (χ1n) is 5.38. The maximum absolute atomic E-state index is 9.81. The molecule has 1 aromatic carbocycles. The number of carbonyl (C=O) groups excluding carboxylic acids is 2. The zero-order chi connectivity index (χ0) is 13.0. The van der Waals surface area contributed by atoms with Gasteiger partial charge in [0.05, 0.1) is 0 Å². The van der Waals surface area contributed by atoms with Crippen LogP contribution in [0.1, 0.15) is 39.7 Å². The van der Waals surface area contributed by atoms with Crippen LogP contribution >= 0.6 is 0 Å². The van der Waals surface area contributed by atoms with Gasteiger partial charge in [-0.3, -0.25) is 0 Å². The average Bonchev–Trinajstić information content (AvgIpc) is 2.19. The van der Waals surface area contributed by atoms with E-state index in [0.717, 1.165) is 0 Å². The lowest BCUT2D eigenvalue weighted by Gasteiger charge is -1.82. The van der Waals surface area contributed by atoms with Crippen LogP contribution in [0.4, 0.5) is 0 Å². The zero-order valence-electron chi connectivity index (χ0n) is 10.9. The Morgan fingerprint density at radius 1 is 1.00 bits per heavy atom. The molecule has 0 amide bonds. The van der Waals surface area contributed by atoms with Crippen molar-refractivity contribution in [3.05, 3.63) is 35.9 Å². The number of benzene rings is 1. The molecular formula is C14H22O2. The van der Waals surface area contributed by atoms with E-state index in [2.05, 4.69) is 19.1 Å². The van der Waals surface area contributed by atoms with Gasteiger partial charge in [0.2, 0.25) is 0 Å². The highest BCUT2D eigenvalue weighted by atomic mass is 16.1. The zero-order valence-corrected chi connectivity index (χ0v) is 10.9. The lowest BCUT2D eigenvalue weighted by molar-refractivity contribution is -0.117. The van der Waals surface area contributed by atoms with Crippen molar-refractivity contribution in [3.63, 3.8) is 0 Å². The minimum Gasteiger partial charge on any atom is -0.300 e. The van der Waals surface area contributed by atoms with Gasteiger partial charge in [-0.1, -0.05) is 42.8 Å². The highest BCUT2D eigenvalue weighted by molar-refractivity contribution is 5.74. The summed E-state index contributed by atoms with van der Waals surface area (Å²) in [5.41, 5.74) is 1.32. The van der Waals surface area contributed by atoms with Crippen LogP contribution in [0.15, 0.2) is 30.3 Å². The third kappa shape index (κ3) is 22.9. The van der Waals surface area contributed by atoms with Gasteiger partial charge in [0.15, 0.2) is 0 Å². The number of aryl methyl sites for hydroxylation is 1. The van der Waals surface area contributed by atoms with Crippen molar-refractivity contribution >= 4 is 11.6 Å². The van der Waals surface area contributed by atoms with Gasteiger partial charge < -0.3 is 9.59 Å². The number of carbonyl (C=O) groups is 2. The highest BCUT2D eigenvalue weighted by Crippen LogP contribution is 1.92. The monoisotopic (exact) mass is 222 g/mol. The molecule has 0 N–H and O–H groups in total. The summed E-state index contributed by atoms with van der Waals surface area (Å²) in [5.74, 6) is 0.421. The molecule has 1 rings (SSSR count). The second-order valence-electron chi connectivity index (χ2n) is 3.62. The largest absolute Gasteiger partial charge is 0.300 e. The smallest absolute Gasteiger partial charge is 0.129 e. The Morgan fingerprint density at radius 2 is 1.31 bits per heavy atom. The van der Waals surface area contributed by atoms with Crippen LogP contribution in [0.5, 0.6) is 0 Å². The summed E-state index contributed by atoms with van der Waals surface area (Å²) >= 11 is 0. The van der Waals surface area contributed by atoms with E-state index >= 15 is 0 Å². The first-order valence-corrected chi connectivity index (χ1v) is 5.38. The first-order chi connectivity index (χ1) is 7.40. The molecule has 2 nitrogen and oxygen atoms in total. The van der Waals surface area contributed by atoms with Crippen LogP contribution in [0.2, 0.25) is 0 Å². The van der Waals surface area contributed by atoms with Crippen LogP contribution in [-0.4, -0.2) is 11.6 Å². The van der Waals surface area contributed by atoms with Crippen molar-refractivity contribution in [1.82, 2.24) is 0 Å². The molecule has 90 valence electrons. The molecule has 0 aliphatic rings. The predicted octanol–water partition coefficient (Wildman–Crippen LogP) is 3.58. The molecule has 0 saturated carbocycles. The molecule has 0 spiro atoms. The van der Waals surface area contributed by atoms with Crippen LogP contribution in [-0.2, 0) is 9.59 Å². The molecule has 0 fully saturated rings. The van der Waals surface area contributed by atoms with Crippen molar-refractivity contribution < 1.29 is 9.59 Å². The number of hydrogen-bond donors (Lipinski definition) is 0. The Balaban J connectivity index is 0. The van der Waals surface area contributed by atoms with E-state index in [0.29, 0.717) is 6.42 Å². The summed E-state index contributed by atoms with van der Waals surface area (Å²) in [4.78, 5) is 19.3. The number of hydrogen-bond acceptors (Lipinski definition) is 2. The molecule has 0 aliphatic heterocycles. The number of ketones is 2. The Kier molecular flexibility index (Phi) is 12.3. The SMILES string of the molecule is CC(C)=O.CCC(C)=O.Cc1ccccc1. The summed E-state index contributed by atoms with van der Waals surface area (Å²) in [6.45, 7) is 8.57. The van der Waals surface area contributed by atoms with E-state index in [1.54, 1.807) is 6.92 Å². The van der Waals surface area contributed by atoms with Crippen molar-refractivity contribution in [3.8, 4) is 0 Å². The Labute approximate surface area is 98.7 Å². The average molecular weight is 222 g/mol. The van der Waals surface area contributed by atoms with Crippen molar-refractivity contribution in [2.24, 2.45) is 0 Å². The van der Waals surface area contributed by atoms with Gasteiger partial charge in [-0.2, -0.15) is 0 Å². The Bertz CT molecular complexity index is 285. The fourth-order valence-corrected chi connectivity index (χ4v) is 0.534. The predicted molar refractivity (Wildman–Crippen MR) is 68.5 cm³/mol. The minimum absolute atomic E-state index is 0.167. The van der Waals surface area contributed by atoms with Crippen LogP contribution < -0.4 is 0 Å². The summed E-state index contributed by atoms with van der Waals surface area (Å²) in [6.07, 6.45) is 0.667. The summed E-state index contributed by atoms with van der Waals surface area (Å²) in [6, 6.07) is 10.3. The van der Waals surface area contributed by atoms with E-state index < -0.39 is 0 Å². The fourth-order valence-electron chi connectivity index (χ4n) is 0.534. The van der Waals surface area contributed by atoms with Gasteiger partial charge in [0, 0.05) is 6.42 Å². The third-order valence-corrected chi connectivity index (χ3v) is 1.44. The van der Waals surface area contributed by atoms with E-state index in [9.17, 15) is 9.59 Å². The topological polar surface area (TPSA) is 34.1 Å². The lowest BCUT2D eigenvalue weighted by atomic mass is 10.2. The second kappa shape index (κ2) is 11.6. The summed E-state index contributed by atoms with van der Waals surface area (Å²) < 4.78 is 0. The van der Waals surface area contributed by atoms with Crippen LogP contribution in [0.3, 0.4) is 0 Å². The van der Waals surface area contributed by atoms with E-state index in [4.69, 9.17) is 0 Å². The lowest BCUT2D eigenvalue weighted by Crippen LogP contribution is -1.80. The van der Waals surface area contributed by atoms with E-state index in [1.165, 1.54) is 19.4 Å². The highest BCUT2D eigenvalue weighted by Gasteiger charge is 1.77. The molecular weight excluding hydrogens is 200 g/mol. The summed E-state index contributed by atoms with van der Waals surface area (Å²) in [7, 11) is 0. The minimum atomic E-state index is 0.167. The van der Waals surface area contributed by atoms with Crippen molar-refractivity contribution in [1.29, 1.82) is 0 Å². The Morgan fingerprint density at radius 3 is 1.44 bits per heavy atom. The normalized spacial score (nSPS) is 7.81. The number of rotatable bonds is 1. The molecule has 0 aromatic heterocycles. The van der Waals surface area contributed by atoms with Gasteiger partial charge in [0.1, 0.15) is 11.6 Å².